The summed E-state index contributed by atoms with van der Waals surface area (Å²) in [6.07, 6.45) is -6.20. The molecule has 5 rings (SSSR count). The summed E-state index contributed by atoms with van der Waals surface area (Å²) in [5.74, 6) is -9.17. The maximum Gasteiger partial charge on any atom is 0.337 e. The Morgan fingerprint density at radius 2 is 0.948 bits per heavy atom. The van der Waals surface area contributed by atoms with E-state index in [-0.39, 0.29) is 110 Å². The molecule has 0 fully saturated rings. The zero-order valence-electron chi connectivity index (χ0n) is 30.8. The number of hydrogen-bond donors (Lipinski definition) is 10. The molecule has 19 nitrogen and oxygen atoms in total. The minimum Gasteiger partial charge on any atom is -0.481 e. The number of fused-ring (bicyclic) bond motifs is 8. The van der Waals surface area contributed by atoms with Crippen molar-refractivity contribution in [1.29, 1.82) is 0 Å². The van der Waals surface area contributed by atoms with Gasteiger partial charge in [0.15, 0.2) is 6.10 Å². The highest BCUT2D eigenvalue weighted by atomic mass is 16.4. The predicted molar refractivity (Wildman–Crippen MR) is 202 cm³/mol. The molecule has 0 aromatic carbocycles. The molecule has 19 heteroatoms. The maximum atomic E-state index is 12.4. The third-order valence-electron chi connectivity index (χ3n) is 9.75. The molecule has 10 N–H and O–H groups in total. The molecule has 2 aliphatic rings. The van der Waals surface area contributed by atoms with Gasteiger partial charge in [-0.2, -0.15) is 0 Å². The van der Waals surface area contributed by atoms with E-state index in [9.17, 15) is 74.4 Å². The van der Waals surface area contributed by atoms with Gasteiger partial charge in [-0.25, -0.2) is 14.8 Å². The number of aliphatic carboxylic acids is 7. The van der Waals surface area contributed by atoms with Crippen LogP contribution in [0.2, 0.25) is 0 Å². The molecular weight excluding hydrogens is 764 g/mol. The lowest BCUT2D eigenvalue weighted by molar-refractivity contribution is -0.147. The Bertz CT molecular complexity index is 2510. The van der Waals surface area contributed by atoms with Crippen LogP contribution in [0.25, 0.3) is 44.4 Å². The molecule has 0 amide bonds. The molecule has 5 heterocycles. The van der Waals surface area contributed by atoms with Crippen LogP contribution < -0.4 is 0 Å². The van der Waals surface area contributed by atoms with Crippen molar-refractivity contribution >= 4 is 86.1 Å². The molecule has 0 saturated carbocycles. The van der Waals surface area contributed by atoms with Crippen LogP contribution in [0, 0.1) is 0 Å². The Balaban J connectivity index is 2.08. The molecule has 0 spiro atoms. The molecule has 8 bridgehead atoms. The molecule has 304 valence electrons. The van der Waals surface area contributed by atoms with Gasteiger partial charge in [0.2, 0.25) is 0 Å². The molecule has 1 atom stereocenters. The van der Waals surface area contributed by atoms with Crippen LogP contribution in [0.5, 0.6) is 0 Å². The molecule has 3 aromatic heterocycles. The number of rotatable bonds is 18. The Hall–Kier alpha value is -7.15. The monoisotopic (exact) mass is 802 g/mol. The van der Waals surface area contributed by atoms with Crippen molar-refractivity contribution in [1.82, 2.24) is 19.9 Å². The average Bonchev–Trinajstić information content (AvgIpc) is 3.81. The van der Waals surface area contributed by atoms with Gasteiger partial charge in [0.1, 0.15) is 0 Å². The number of allylic oxidation sites excluding steroid dienone is 3. The van der Waals surface area contributed by atoms with Crippen molar-refractivity contribution in [2.75, 3.05) is 0 Å². The molecule has 2 aliphatic heterocycles. The summed E-state index contributed by atoms with van der Waals surface area (Å²) in [6.45, 7) is 1.65. The van der Waals surface area contributed by atoms with E-state index in [4.69, 9.17) is 4.98 Å². The van der Waals surface area contributed by atoms with E-state index in [0.717, 1.165) is 0 Å². The van der Waals surface area contributed by atoms with Crippen molar-refractivity contribution in [2.24, 2.45) is 0 Å². The highest BCUT2D eigenvalue weighted by Gasteiger charge is 2.29. The van der Waals surface area contributed by atoms with E-state index in [0.29, 0.717) is 11.1 Å². The smallest absolute Gasteiger partial charge is 0.337 e. The van der Waals surface area contributed by atoms with Crippen molar-refractivity contribution in [3.63, 3.8) is 0 Å². The fourth-order valence-corrected chi connectivity index (χ4v) is 7.16. The summed E-state index contributed by atoms with van der Waals surface area (Å²) < 4.78 is 0. The number of aromatic amines is 2. The summed E-state index contributed by atoms with van der Waals surface area (Å²) in [5.41, 5.74) is 1.86. The molecule has 1 unspecified atom stereocenters. The summed E-state index contributed by atoms with van der Waals surface area (Å²) >= 11 is 0. The summed E-state index contributed by atoms with van der Waals surface area (Å²) in [5, 5.41) is 79.5. The minimum absolute atomic E-state index is 0.00160. The lowest BCUT2D eigenvalue weighted by Crippen LogP contribution is -2.12. The number of H-pyrrole nitrogens is 2. The second-order valence-corrected chi connectivity index (χ2v) is 13.6. The van der Waals surface area contributed by atoms with Gasteiger partial charge in [-0.3, -0.25) is 28.8 Å². The fraction of sp³-hybridized carbons (Fsp3) is 0.308. The van der Waals surface area contributed by atoms with E-state index < -0.39 is 80.0 Å². The zero-order chi connectivity index (χ0) is 42.6. The van der Waals surface area contributed by atoms with Crippen molar-refractivity contribution in [2.45, 2.75) is 77.2 Å². The van der Waals surface area contributed by atoms with Gasteiger partial charge >= 0.3 is 41.8 Å². The van der Waals surface area contributed by atoms with E-state index >= 15 is 0 Å². The van der Waals surface area contributed by atoms with Gasteiger partial charge in [-0.1, -0.05) is 0 Å². The van der Waals surface area contributed by atoms with Crippen molar-refractivity contribution in [3.8, 4) is 0 Å². The number of carbonyl (C=O) groups is 7. The second kappa shape index (κ2) is 17.3. The van der Waals surface area contributed by atoms with E-state index in [1.807, 2.05) is 0 Å². The van der Waals surface area contributed by atoms with Crippen LogP contribution in [-0.2, 0) is 52.8 Å². The number of aryl methyl sites for hydroxylation is 2. The van der Waals surface area contributed by atoms with Crippen molar-refractivity contribution in [3.05, 3.63) is 69.3 Å². The summed E-state index contributed by atoms with van der Waals surface area (Å²) in [4.78, 5) is 99.5. The van der Waals surface area contributed by atoms with Crippen LogP contribution in [0.1, 0.15) is 103 Å². The van der Waals surface area contributed by atoms with Gasteiger partial charge in [-0.15, -0.1) is 0 Å². The Morgan fingerprint density at radius 1 is 0.500 bits per heavy atom. The maximum absolute atomic E-state index is 12.4. The number of nitrogens with one attached hydrogen (secondary N) is 2. The molecule has 0 radical (unpaired) electrons. The SMILES string of the molecule is CC1=C(CCC(=O)O)c2cc3nc(cc4[nH]c(cc5[nH]c(cc1n2)c(CC(=O)O)c5CCC(=O)O)c(C(O)C(=O)O)c4CCC(=O)O)C(CC(=O)O)=C3CCC(=O)O. The summed E-state index contributed by atoms with van der Waals surface area (Å²) in [7, 11) is 0. The zero-order valence-corrected chi connectivity index (χ0v) is 30.8. The summed E-state index contributed by atoms with van der Waals surface area (Å²) in [6, 6.07) is 5.56. The Kier molecular flexibility index (Phi) is 12.6. The van der Waals surface area contributed by atoms with Crippen LogP contribution >= 0.6 is 0 Å². The fourth-order valence-electron chi connectivity index (χ4n) is 7.16. The largest absolute Gasteiger partial charge is 0.481 e. The molecule has 0 aliphatic carbocycles. The predicted octanol–water partition coefficient (Wildman–Crippen LogP) is 4.14. The second-order valence-electron chi connectivity index (χ2n) is 13.6. The number of nitrogens with zero attached hydrogens (tertiary/aromatic N) is 2. The number of aliphatic hydroxyl groups is 1. The first kappa shape index (κ1) is 42.0. The minimum atomic E-state index is -2.27. The van der Waals surface area contributed by atoms with Gasteiger partial charge in [-0.05, 0) is 95.9 Å². The highest BCUT2D eigenvalue weighted by molar-refractivity contribution is 6.01. The lowest BCUT2D eigenvalue weighted by atomic mass is 9.96. The molecule has 58 heavy (non-hydrogen) atoms. The first-order valence-corrected chi connectivity index (χ1v) is 17.8. The van der Waals surface area contributed by atoms with Crippen LogP contribution in [0.3, 0.4) is 0 Å². The molecular formula is C39H38N4O15. The lowest BCUT2D eigenvalue weighted by Gasteiger charge is -2.08. The topological polar surface area (TPSA) is 339 Å². The number of aliphatic hydroxyl groups excluding tert-OH is 1. The number of aromatic nitrogens is 4. The van der Waals surface area contributed by atoms with Crippen LogP contribution in [0.4, 0.5) is 0 Å². The first-order chi connectivity index (χ1) is 27.3. The number of carboxylic acid groups (broad SMARTS) is 7. The number of carboxylic acids is 7. The van der Waals surface area contributed by atoms with Crippen LogP contribution in [-0.4, -0.2) is 103 Å². The molecule has 3 aromatic rings. The highest BCUT2D eigenvalue weighted by Crippen LogP contribution is 2.40. The van der Waals surface area contributed by atoms with Crippen LogP contribution in [0.15, 0.2) is 24.3 Å². The van der Waals surface area contributed by atoms with Gasteiger partial charge in [0.25, 0.3) is 0 Å². The first-order valence-electron chi connectivity index (χ1n) is 17.8. The third kappa shape index (κ3) is 9.44. The van der Waals surface area contributed by atoms with E-state index in [1.165, 1.54) is 24.3 Å². The standard InChI is InChI=1S/C39H38N4O15/c1-16-17(2-6-31(44)45)24-13-25-18(3-7-32(46)47)22(11-36(54)55)29(41-25)14-27-20(5-9-34(50)51)37(38(56)39(57)58)30(43-27)15-26-19(4-8-33(48)49)21(10-35(52)53)28(42-26)12-23(16)40-24/h12-15,38,42-43,56H,2-11H2,1H3,(H,44,45)(H,46,47)(H,48,49)(H,50,51)(H,52,53)(H,54,55)(H,57,58). The van der Waals surface area contributed by atoms with Gasteiger partial charge in [0, 0.05) is 53.3 Å². The normalized spacial score (nSPS) is 13.1. The van der Waals surface area contributed by atoms with Gasteiger partial charge < -0.3 is 50.8 Å². The third-order valence-corrected chi connectivity index (χ3v) is 9.75. The van der Waals surface area contributed by atoms with Gasteiger partial charge in [0.05, 0.1) is 35.6 Å². The molecule has 0 saturated heterocycles. The number of hydrogen-bond acceptors (Lipinski definition) is 10. The van der Waals surface area contributed by atoms with E-state index in [2.05, 4.69) is 15.0 Å². The quantitative estimate of drug-likeness (QED) is 0.0863. The van der Waals surface area contributed by atoms with E-state index in [1.54, 1.807) is 6.92 Å². The average molecular weight is 803 g/mol. The Morgan fingerprint density at radius 3 is 1.52 bits per heavy atom. The van der Waals surface area contributed by atoms with Crippen molar-refractivity contribution < 1.29 is 74.4 Å². The Labute approximate surface area is 326 Å².